The summed E-state index contributed by atoms with van der Waals surface area (Å²) in [5.74, 6) is -0.687. The van der Waals surface area contributed by atoms with E-state index in [-0.39, 0.29) is 24.2 Å². The normalized spacial score (nSPS) is 14.5. The molecule has 0 atom stereocenters. The van der Waals surface area contributed by atoms with Gasteiger partial charge in [0.2, 0.25) is 5.91 Å². The summed E-state index contributed by atoms with van der Waals surface area (Å²) in [6.07, 6.45) is 2.55. The number of nitrogens with zero attached hydrogens (tertiary/aromatic N) is 2. The van der Waals surface area contributed by atoms with Gasteiger partial charge in [0.15, 0.2) is 0 Å². The van der Waals surface area contributed by atoms with Gasteiger partial charge in [0.05, 0.1) is 10.5 Å². The second-order valence-electron chi connectivity index (χ2n) is 8.14. The second-order valence-corrected chi connectivity index (χ2v) is 9.81. The second kappa shape index (κ2) is 13.9. The zero-order valence-corrected chi connectivity index (χ0v) is 22.2. The van der Waals surface area contributed by atoms with Crippen LogP contribution in [0.5, 0.6) is 0 Å². The van der Waals surface area contributed by atoms with Crippen LogP contribution in [0.4, 0.5) is 5.69 Å². The lowest BCUT2D eigenvalue weighted by Crippen LogP contribution is -2.29. The highest BCUT2D eigenvalue weighted by Crippen LogP contribution is 2.32. The number of hydrogen-bond donors (Lipinski definition) is 1. The maximum atomic E-state index is 12.7. The first-order chi connectivity index (χ1) is 17.4. The fourth-order valence-corrected chi connectivity index (χ4v) is 4.90. The van der Waals surface area contributed by atoms with Gasteiger partial charge in [0, 0.05) is 25.2 Å². The molecule has 0 aromatic heterocycles. The van der Waals surface area contributed by atoms with Gasteiger partial charge >= 0.3 is 5.97 Å². The van der Waals surface area contributed by atoms with Crippen molar-refractivity contribution >= 4 is 57.8 Å². The Bertz CT molecular complexity index is 1100. The maximum absolute atomic E-state index is 12.7. The molecule has 7 nitrogen and oxygen atoms in total. The molecule has 36 heavy (non-hydrogen) atoms. The number of likely N-dealkylation sites (N-methyl/N-ethyl adjacent to an activating group) is 1. The predicted molar refractivity (Wildman–Crippen MR) is 149 cm³/mol. The molecule has 0 unspecified atom stereocenters. The lowest BCUT2D eigenvalue weighted by molar-refractivity contribution is -0.122. The average Bonchev–Trinajstić information content (AvgIpc) is 3.15. The Labute approximate surface area is 221 Å². The minimum Gasteiger partial charge on any atom is -0.461 e. The Morgan fingerprint density at radius 1 is 1.08 bits per heavy atom. The molecule has 1 heterocycles. The third kappa shape index (κ3) is 8.01. The fourth-order valence-electron chi connectivity index (χ4n) is 3.59. The minimum atomic E-state index is -0.384. The van der Waals surface area contributed by atoms with Crippen LogP contribution in [-0.4, -0.2) is 64.7 Å². The number of anilines is 1. The van der Waals surface area contributed by atoms with Crippen molar-refractivity contribution in [3.8, 4) is 0 Å². The number of ether oxygens (including phenoxy) is 1. The van der Waals surface area contributed by atoms with Crippen molar-refractivity contribution in [3.63, 3.8) is 0 Å². The van der Waals surface area contributed by atoms with Crippen LogP contribution in [-0.2, 0) is 14.3 Å². The summed E-state index contributed by atoms with van der Waals surface area (Å²) >= 11 is 6.64. The van der Waals surface area contributed by atoms with E-state index in [1.807, 2.05) is 36.4 Å². The van der Waals surface area contributed by atoms with Crippen molar-refractivity contribution in [1.82, 2.24) is 9.80 Å². The molecule has 1 N–H and O–H groups in total. The summed E-state index contributed by atoms with van der Waals surface area (Å²) in [6.45, 7) is 7.37. The quantitative estimate of drug-likeness (QED) is 0.242. The first-order valence-electron chi connectivity index (χ1n) is 12.0. The topological polar surface area (TPSA) is 79.0 Å². The van der Waals surface area contributed by atoms with E-state index in [0.717, 1.165) is 18.7 Å². The van der Waals surface area contributed by atoms with Gasteiger partial charge < -0.3 is 15.0 Å². The number of amides is 2. The molecule has 1 aliphatic heterocycles. The maximum Gasteiger partial charge on any atom is 0.338 e. The van der Waals surface area contributed by atoms with Crippen LogP contribution in [0, 0.1) is 0 Å². The highest BCUT2D eigenvalue weighted by molar-refractivity contribution is 8.26. The number of hydrogen-bond acceptors (Lipinski definition) is 7. The number of rotatable bonds is 12. The molecular weight excluding hydrogens is 494 g/mol. The smallest absolute Gasteiger partial charge is 0.338 e. The van der Waals surface area contributed by atoms with E-state index in [1.54, 1.807) is 29.2 Å². The third-order valence-electron chi connectivity index (χ3n) is 5.70. The molecule has 2 amide bonds. The summed E-state index contributed by atoms with van der Waals surface area (Å²) in [4.78, 5) is 41.6. The standard InChI is InChI=1S/C27H31N3O4S2/c1-3-29(4-2)17-18-34-26(33)21-12-14-22(15-13-21)28-24(31)11-8-16-30-25(32)23(36-27(30)35)19-20-9-6-5-7-10-20/h5-7,9-10,12-15,19H,3-4,8,11,16-18H2,1-2H3,(H,28,31)/b23-19-. The highest BCUT2D eigenvalue weighted by Gasteiger charge is 2.31. The summed E-state index contributed by atoms with van der Waals surface area (Å²) in [5, 5.41) is 2.82. The van der Waals surface area contributed by atoms with Gasteiger partial charge in [-0.2, -0.15) is 0 Å². The molecule has 1 saturated heterocycles. The van der Waals surface area contributed by atoms with Crippen molar-refractivity contribution in [3.05, 3.63) is 70.6 Å². The van der Waals surface area contributed by atoms with Crippen LogP contribution in [0.25, 0.3) is 6.08 Å². The van der Waals surface area contributed by atoms with E-state index in [9.17, 15) is 14.4 Å². The minimum absolute atomic E-state index is 0.131. The number of esters is 1. The molecule has 190 valence electrons. The molecule has 1 aliphatic rings. The van der Waals surface area contributed by atoms with Crippen LogP contribution in [0.1, 0.15) is 42.6 Å². The number of benzene rings is 2. The SMILES string of the molecule is CCN(CC)CCOC(=O)c1ccc(NC(=O)CCCN2C(=O)/C(=C/c3ccccc3)SC2=S)cc1. The van der Waals surface area contributed by atoms with E-state index < -0.39 is 0 Å². The predicted octanol–water partition coefficient (Wildman–Crippen LogP) is 4.81. The molecule has 9 heteroatoms. The lowest BCUT2D eigenvalue weighted by atomic mass is 10.2. The van der Waals surface area contributed by atoms with Gasteiger partial charge in [-0.3, -0.25) is 14.5 Å². The van der Waals surface area contributed by atoms with E-state index >= 15 is 0 Å². The Kier molecular flexibility index (Phi) is 10.7. The zero-order valence-electron chi connectivity index (χ0n) is 20.6. The molecule has 0 radical (unpaired) electrons. The van der Waals surface area contributed by atoms with Gasteiger partial charge in [-0.15, -0.1) is 0 Å². The molecule has 0 spiro atoms. The van der Waals surface area contributed by atoms with Crippen molar-refractivity contribution in [1.29, 1.82) is 0 Å². The Morgan fingerprint density at radius 2 is 1.78 bits per heavy atom. The molecule has 0 aliphatic carbocycles. The van der Waals surface area contributed by atoms with E-state index in [1.165, 1.54) is 11.8 Å². The number of carbonyl (C=O) groups excluding carboxylic acids is 3. The monoisotopic (exact) mass is 525 g/mol. The summed E-state index contributed by atoms with van der Waals surface area (Å²) < 4.78 is 5.83. The summed E-state index contributed by atoms with van der Waals surface area (Å²) in [6, 6.07) is 16.2. The molecule has 2 aromatic rings. The largest absolute Gasteiger partial charge is 0.461 e. The molecule has 2 aromatic carbocycles. The molecule has 3 rings (SSSR count). The van der Waals surface area contributed by atoms with Gasteiger partial charge in [0.1, 0.15) is 10.9 Å². The third-order valence-corrected chi connectivity index (χ3v) is 7.07. The zero-order chi connectivity index (χ0) is 25.9. The van der Waals surface area contributed by atoms with Gasteiger partial charge in [0.25, 0.3) is 5.91 Å². The molecule has 1 fully saturated rings. The van der Waals surface area contributed by atoms with Crippen LogP contribution >= 0.6 is 24.0 Å². The van der Waals surface area contributed by atoms with Crippen LogP contribution in [0.3, 0.4) is 0 Å². The molecular formula is C27H31N3O4S2. The van der Waals surface area contributed by atoms with Crippen molar-refractivity contribution in [2.75, 3.05) is 38.1 Å². The highest BCUT2D eigenvalue weighted by atomic mass is 32.2. The van der Waals surface area contributed by atoms with Crippen LogP contribution < -0.4 is 5.32 Å². The summed E-state index contributed by atoms with van der Waals surface area (Å²) in [5.41, 5.74) is 1.97. The number of carbonyl (C=O) groups is 3. The number of thiocarbonyl (C=S) groups is 1. The van der Waals surface area contributed by atoms with E-state index in [0.29, 0.717) is 46.6 Å². The molecule has 0 bridgehead atoms. The van der Waals surface area contributed by atoms with E-state index in [4.69, 9.17) is 17.0 Å². The van der Waals surface area contributed by atoms with Gasteiger partial charge in [-0.05, 0) is 55.4 Å². The van der Waals surface area contributed by atoms with Gasteiger partial charge in [-0.1, -0.05) is 68.2 Å². The van der Waals surface area contributed by atoms with E-state index in [2.05, 4.69) is 24.1 Å². The first-order valence-corrected chi connectivity index (χ1v) is 13.2. The molecule has 0 saturated carbocycles. The Morgan fingerprint density at radius 3 is 2.44 bits per heavy atom. The fraction of sp³-hybridized carbons (Fsp3) is 0.333. The van der Waals surface area contributed by atoms with Gasteiger partial charge in [-0.25, -0.2) is 4.79 Å². The first kappa shape index (κ1) is 27.6. The van der Waals surface area contributed by atoms with Crippen molar-refractivity contribution in [2.24, 2.45) is 0 Å². The Hall–Kier alpha value is -3.01. The Balaban J connectivity index is 1.42. The van der Waals surface area contributed by atoms with Crippen molar-refractivity contribution < 1.29 is 19.1 Å². The van der Waals surface area contributed by atoms with Crippen molar-refractivity contribution in [2.45, 2.75) is 26.7 Å². The summed E-state index contributed by atoms with van der Waals surface area (Å²) in [7, 11) is 0. The number of thioether (sulfide) groups is 1. The average molecular weight is 526 g/mol. The van der Waals surface area contributed by atoms with Crippen LogP contribution in [0.15, 0.2) is 59.5 Å². The number of nitrogens with one attached hydrogen (secondary N) is 1. The van der Waals surface area contributed by atoms with Crippen LogP contribution in [0.2, 0.25) is 0 Å². The lowest BCUT2D eigenvalue weighted by Gasteiger charge is -2.17.